The van der Waals surface area contributed by atoms with E-state index >= 15 is 0 Å². The number of benzene rings is 1. The molecule has 28 heavy (non-hydrogen) atoms. The van der Waals surface area contributed by atoms with E-state index in [0.717, 1.165) is 12.2 Å². The van der Waals surface area contributed by atoms with Crippen molar-refractivity contribution < 1.29 is 9.53 Å². The maximum atomic E-state index is 12.7. The predicted molar refractivity (Wildman–Crippen MR) is 117 cm³/mol. The maximum Gasteiger partial charge on any atom is 0.310 e. The third-order valence-electron chi connectivity index (χ3n) is 7.23. The molecule has 0 amide bonds. The van der Waals surface area contributed by atoms with Crippen molar-refractivity contribution >= 4 is 17.7 Å². The minimum atomic E-state index is -0.0107. The third-order valence-corrected chi connectivity index (χ3v) is 8.36. The molecule has 0 aromatic heterocycles. The van der Waals surface area contributed by atoms with Crippen molar-refractivity contribution in [3.8, 4) is 0 Å². The van der Waals surface area contributed by atoms with Crippen molar-refractivity contribution in [1.82, 2.24) is 0 Å². The molecule has 4 rings (SSSR count). The van der Waals surface area contributed by atoms with Crippen LogP contribution >= 0.6 is 11.8 Å². The molecule has 3 heteroatoms. The van der Waals surface area contributed by atoms with Gasteiger partial charge < -0.3 is 4.74 Å². The highest BCUT2D eigenvalue weighted by Gasteiger charge is 2.51. The van der Waals surface area contributed by atoms with Crippen molar-refractivity contribution in [2.75, 3.05) is 5.75 Å². The molecule has 2 aliphatic carbocycles. The zero-order chi connectivity index (χ0) is 20.1. The van der Waals surface area contributed by atoms with Crippen LogP contribution in [0.3, 0.4) is 0 Å². The Balaban J connectivity index is 1.49. The summed E-state index contributed by atoms with van der Waals surface area (Å²) in [6.07, 6.45) is 7.37. The standard InChI is InChI=1S/C25H34O2S/c1-16-7-6-12-25(5)14-22-19(13-21(16)25)20(23(26)27-22)15-28-18-10-8-17(9-11-18)24(2,3)4/h8-11,13,16,19-20,22H,6-7,12,14-15H2,1-5H3. The van der Waals surface area contributed by atoms with Crippen molar-refractivity contribution in [1.29, 1.82) is 0 Å². The smallest absolute Gasteiger partial charge is 0.310 e. The fraction of sp³-hybridized carbons (Fsp3) is 0.640. The summed E-state index contributed by atoms with van der Waals surface area (Å²) < 4.78 is 5.88. The average Bonchev–Trinajstić information content (AvgIpc) is 2.91. The fourth-order valence-electron chi connectivity index (χ4n) is 5.48. The lowest BCUT2D eigenvalue weighted by molar-refractivity contribution is -0.144. The van der Waals surface area contributed by atoms with E-state index in [-0.39, 0.29) is 34.7 Å². The van der Waals surface area contributed by atoms with E-state index in [1.54, 1.807) is 17.3 Å². The molecule has 0 N–H and O–H groups in total. The van der Waals surface area contributed by atoms with Crippen LogP contribution in [0.1, 0.15) is 65.9 Å². The molecule has 0 spiro atoms. The summed E-state index contributed by atoms with van der Waals surface area (Å²) in [6, 6.07) is 8.83. The van der Waals surface area contributed by atoms with Crippen molar-refractivity contribution in [2.45, 2.75) is 76.7 Å². The molecule has 0 bridgehead atoms. The molecular formula is C25H34O2S. The summed E-state index contributed by atoms with van der Waals surface area (Å²) in [4.78, 5) is 13.9. The number of ether oxygens (including phenoxy) is 1. The van der Waals surface area contributed by atoms with Crippen LogP contribution in [-0.4, -0.2) is 17.8 Å². The molecule has 3 aliphatic rings. The fourth-order valence-corrected chi connectivity index (χ4v) is 6.54. The van der Waals surface area contributed by atoms with Gasteiger partial charge in [-0.25, -0.2) is 0 Å². The van der Waals surface area contributed by atoms with E-state index < -0.39 is 0 Å². The Kier molecular flexibility index (Phi) is 5.18. The quantitative estimate of drug-likeness (QED) is 0.335. The zero-order valence-corrected chi connectivity index (χ0v) is 18.8. The predicted octanol–water partition coefficient (Wildman–Crippen LogP) is 6.39. The van der Waals surface area contributed by atoms with Crippen LogP contribution < -0.4 is 0 Å². The van der Waals surface area contributed by atoms with Gasteiger partial charge in [0.05, 0.1) is 5.92 Å². The molecule has 5 unspecified atom stereocenters. The number of thioether (sulfide) groups is 1. The number of carbonyl (C=O) groups is 1. The van der Waals surface area contributed by atoms with Gasteiger partial charge in [-0.1, -0.05) is 64.8 Å². The molecule has 1 aliphatic heterocycles. The number of carbonyl (C=O) groups excluding carboxylic acids is 1. The summed E-state index contributed by atoms with van der Waals surface area (Å²) in [6.45, 7) is 11.5. The summed E-state index contributed by atoms with van der Waals surface area (Å²) in [5.74, 6) is 1.72. The van der Waals surface area contributed by atoms with E-state index in [0.29, 0.717) is 5.92 Å². The van der Waals surface area contributed by atoms with Gasteiger partial charge in [0, 0.05) is 16.6 Å². The molecule has 2 fully saturated rings. The summed E-state index contributed by atoms with van der Waals surface area (Å²) >= 11 is 1.80. The van der Waals surface area contributed by atoms with Gasteiger partial charge in [-0.2, -0.15) is 0 Å². The normalized spacial score (nSPS) is 35.0. The van der Waals surface area contributed by atoms with Crippen LogP contribution in [-0.2, 0) is 14.9 Å². The molecule has 1 saturated heterocycles. The van der Waals surface area contributed by atoms with Crippen molar-refractivity contribution in [3.05, 3.63) is 41.5 Å². The van der Waals surface area contributed by atoms with Gasteiger partial charge in [-0.05, 0) is 53.7 Å². The average molecular weight is 399 g/mol. The number of fused-ring (bicyclic) bond motifs is 2. The van der Waals surface area contributed by atoms with Crippen LogP contribution in [0.5, 0.6) is 0 Å². The van der Waals surface area contributed by atoms with Gasteiger partial charge in [0.1, 0.15) is 6.10 Å². The first-order chi connectivity index (χ1) is 13.2. The Labute approximate surface area is 174 Å². The highest BCUT2D eigenvalue weighted by Crippen LogP contribution is 2.54. The molecule has 5 atom stereocenters. The van der Waals surface area contributed by atoms with Crippen molar-refractivity contribution in [3.63, 3.8) is 0 Å². The van der Waals surface area contributed by atoms with Crippen LogP contribution in [0.25, 0.3) is 0 Å². The van der Waals surface area contributed by atoms with E-state index in [1.807, 2.05) is 0 Å². The van der Waals surface area contributed by atoms with Gasteiger partial charge in [0.2, 0.25) is 0 Å². The highest BCUT2D eigenvalue weighted by atomic mass is 32.2. The minimum Gasteiger partial charge on any atom is -0.461 e. The molecule has 1 heterocycles. The van der Waals surface area contributed by atoms with Gasteiger partial charge in [-0.3, -0.25) is 4.79 Å². The molecule has 1 saturated carbocycles. The first-order valence-corrected chi connectivity index (χ1v) is 11.8. The molecule has 2 nitrogen and oxygen atoms in total. The number of hydrogen-bond donors (Lipinski definition) is 0. The lowest BCUT2D eigenvalue weighted by Crippen LogP contribution is -2.39. The third kappa shape index (κ3) is 3.67. The summed E-state index contributed by atoms with van der Waals surface area (Å²) in [7, 11) is 0. The minimum absolute atomic E-state index is 0.0107. The molecule has 1 aromatic rings. The van der Waals surface area contributed by atoms with Gasteiger partial charge in [0.15, 0.2) is 0 Å². The zero-order valence-electron chi connectivity index (χ0n) is 18.0. The van der Waals surface area contributed by atoms with Crippen LogP contribution in [0, 0.1) is 23.2 Å². The second kappa shape index (κ2) is 7.23. The van der Waals surface area contributed by atoms with Gasteiger partial charge in [0.25, 0.3) is 0 Å². The Morgan fingerprint density at radius 3 is 2.61 bits per heavy atom. The number of hydrogen-bond acceptors (Lipinski definition) is 3. The van der Waals surface area contributed by atoms with Crippen LogP contribution in [0.2, 0.25) is 0 Å². The largest absolute Gasteiger partial charge is 0.461 e. The number of rotatable bonds is 3. The Hall–Kier alpha value is -1.22. The second-order valence-electron chi connectivity index (χ2n) is 10.4. The Bertz CT molecular complexity index is 773. The van der Waals surface area contributed by atoms with Crippen molar-refractivity contribution in [2.24, 2.45) is 23.2 Å². The molecule has 1 aromatic carbocycles. The molecular weight excluding hydrogens is 364 g/mol. The SMILES string of the molecule is CC1CCCC2(C)CC3OC(=O)C(CSc4ccc(C(C)(C)C)cc4)C3C=C12. The van der Waals surface area contributed by atoms with Gasteiger partial charge >= 0.3 is 5.97 Å². The number of esters is 1. The first-order valence-electron chi connectivity index (χ1n) is 10.8. The van der Waals surface area contributed by atoms with E-state index in [2.05, 4.69) is 65.0 Å². The maximum absolute atomic E-state index is 12.7. The van der Waals surface area contributed by atoms with Crippen LogP contribution in [0.4, 0.5) is 0 Å². The lowest BCUT2D eigenvalue weighted by Gasteiger charge is -2.46. The van der Waals surface area contributed by atoms with Gasteiger partial charge in [-0.15, -0.1) is 11.8 Å². The molecule has 152 valence electrons. The highest BCUT2D eigenvalue weighted by molar-refractivity contribution is 7.99. The van der Waals surface area contributed by atoms with E-state index in [4.69, 9.17) is 4.74 Å². The van der Waals surface area contributed by atoms with E-state index in [9.17, 15) is 4.79 Å². The van der Waals surface area contributed by atoms with E-state index in [1.165, 1.54) is 29.7 Å². The molecule has 0 radical (unpaired) electrons. The number of allylic oxidation sites excluding steroid dienone is 1. The van der Waals surface area contributed by atoms with Crippen LogP contribution in [0.15, 0.2) is 40.8 Å². The summed E-state index contributed by atoms with van der Waals surface area (Å²) in [5, 5.41) is 0. The topological polar surface area (TPSA) is 26.3 Å². The summed E-state index contributed by atoms with van der Waals surface area (Å²) in [5.41, 5.74) is 3.36. The monoisotopic (exact) mass is 398 g/mol. The first kappa shape index (κ1) is 20.1. The lowest BCUT2D eigenvalue weighted by atomic mass is 9.59. The Morgan fingerprint density at radius 1 is 1.21 bits per heavy atom. The Morgan fingerprint density at radius 2 is 1.93 bits per heavy atom. The second-order valence-corrected chi connectivity index (χ2v) is 11.5.